The Labute approximate surface area is 153 Å². The van der Waals surface area contributed by atoms with Crippen LogP contribution in [0.15, 0.2) is 29.8 Å². The molecule has 0 amide bonds. The molecule has 2 heteroatoms. The van der Waals surface area contributed by atoms with Crippen LogP contribution in [-0.4, -0.2) is 11.6 Å². The summed E-state index contributed by atoms with van der Waals surface area (Å²) >= 11 is 0. The summed E-state index contributed by atoms with van der Waals surface area (Å²) in [7, 11) is 0. The van der Waals surface area contributed by atoms with Gasteiger partial charge in [-0.15, -0.1) is 0 Å². The first-order valence-corrected chi connectivity index (χ1v) is 9.38. The summed E-state index contributed by atoms with van der Waals surface area (Å²) in [6, 6.07) is 7.56. The van der Waals surface area contributed by atoms with Crippen molar-refractivity contribution < 1.29 is 9.53 Å². The molecule has 0 aliphatic heterocycles. The SMILES string of the molecule is CCCCC#C/C(=C/c1ccc(C(=O)OC(C)(C)C)cc1)CCCC. The summed E-state index contributed by atoms with van der Waals surface area (Å²) in [5.41, 5.74) is 2.35. The average Bonchev–Trinajstić information content (AvgIpc) is 2.55. The number of benzene rings is 1. The lowest BCUT2D eigenvalue weighted by Gasteiger charge is -2.19. The van der Waals surface area contributed by atoms with Crippen LogP contribution < -0.4 is 0 Å². The summed E-state index contributed by atoms with van der Waals surface area (Å²) in [6.07, 6.45) is 8.72. The molecule has 0 saturated heterocycles. The number of ether oxygens (including phenoxy) is 1. The second kappa shape index (κ2) is 10.8. The van der Waals surface area contributed by atoms with Crippen molar-refractivity contribution in [1.29, 1.82) is 0 Å². The van der Waals surface area contributed by atoms with E-state index in [0.717, 1.165) is 37.7 Å². The van der Waals surface area contributed by atoms with E-state index in [1.54, 1.807) is 0 Å². The van der Waals surface area contributed by atoms with Crippen LogP contribution in [0.2, 0.25) is 0 Å². The number of allylic oxidation sites excluding steroid dienone is 1. The highest BCUT2D eigenvalue weighted by Gasteiger charge is 2.17. The fourth-order valence-corrected chi connectivity index (χ4v) is 2.23. The zero-order valence-corrected chi connectivity index (χ0v) is 16.4. The molecular formula is C23H32O2. The molecule has 25 heavy (non-hydrogen) atoms. The van der Waals surface area contributed by atoms with Crippen molar-refractivity contribution in [2.75, 3.05) is 0 Å². The quantitative estimate of drug-likeness (QED) is 0.326. The molecule has 0 N–H and O–H groups in total. The van der Waals surface area contributed by atoms with Crippen LogP contribution in [0.25, 0.3) is 6.08 Å². The minimum absolute atomic E-state index is 0.284. The first-order valence-electron chi connectivity index (χ1n) is 9.38. The van der Waals surface area contributed by atoms with E-state index >= 15 is 0 Å². The number of hydrogen-bond donors (Lipinski definition) is 0. The number of esters is 1. The van der Waals surface area contributed by atoms with Crippen LogP contribution in [0, 0.1) is 11.8 Å². The fraction of sp³-hybridized carbons (Fsp3) is 0.522. The molecule has 1 aromatic carbocycles. The largest absolute Gasteiger partial charge is 0.456 e. The molecule has 0 bridgehead atoms. The third-order valence-electron chi connectivity index (χ3n) is 3.59. The Bertz CT molecular complexity index is 619. The number of rotatable bonds is 7. The van der Waals surface area contributed by atoms with Gasteiger partial charge >= 0.3 is 5.97 Å². The molecule has 136 valence electrons. The van der Waals surface area contributed by atoms with Crippen molar-refractivity contribution in [3.63, 3.8) is 0 Å². The topological polar surface area (TPSA) is 26.3 Å². The summed E-state index contributed by atoms with van der Waals surface area (Å²) in [6.45, 7) is 10.00. The van der Waals surface area contributed by atoms with Gasteiger partial charge in [0.1, 0.15) is 5.60 Å². The summed E-state index contributed by atoms with van der Waals surface area (Å²) in [5, 5.41) is 0. The first kappa shape index (κ1) is 21.0. The van der Waals surface area contributed by atoms with Gasteiger partial charge in [0.15, 0.2) is 0 Å². The summed E-state index contributed by atoms with van der Waals surface area (Å²) in [4.78, 5) is 12.1. The van der Waals surface area contributed by atoms with E-state index in [2.05, 4.69) is 31.8 Å². The molecule has 0 atom stereocenters. The smallest absolute Gasteiger partial charge is 0.338 e. The van der Waals surface area contributed by atoms with Crippen LogP contribution in [0.1, 0.15) is 89.1 Å². The maximum absolute atomic E-state index is 12.1. The van der Waals surface area contributed by atoms with E-state index in [1.807, 2.05) is 45.0 Å². The Morgan fingerprint density at radius 3 is 2.28 bits per heavy atom. The van der Waals surface area contributed by atoms with Gasteiger partial charge in [0.25, 0.3) is 0 Å². The van der Waals surface area contributed by atoms with Gasteiger partial charge in [-0.2, -0.15) is 0 Å². The first-order chi connectivity index (χ1) is 11.9. The number of unbranched alkanes of at least 4 members (excludes halogenated alkanes) is 3. The second-order valence-corrected chi connectivity index (χ2v) is 7.30. The van der Waals surface area contributed by atoms with Crippen molar-refractivity contribution in [1.82, 2.24) is 0 Å². The Balaban J connectivity index is 2.86. The Morgan fingerprint density at radius 1 is 1.08 bits per heavy atom. The average molecular weight is 341 g/mol. The van der Waals surface area contributed by atoms with E-state index in [4.69, 9.17) is 4.74 Å². The molecule has 0 spiro atoms. The van der Waals surface area contributed by atoms with Crippen molar-refractivity contribution in [3.05, 3.63) is 41.0 Å². The molecule has 1 rings (SSSR count). The number of hydrogen-bond acceptors (Lipinski definition) is 2. The van der Waals surface area contributed by atoms with E-state index in [1.165, 1.54) is 12.0 Å². The molecule has 0 aromatic heterocycles. The van der Waals surface area contributed by atoms with Crippen LogP contribution in [-0.2, 0) is 4.74 Å². The molecule has 2 nitrogen and oxygen atoms in total. The molecule has 0 unspecified atom stereocenters. The van der Waals surface area contributed by atoms with Gasteiger partial charge < -0.3 is 4.74 Å². The van der Waals surface area contributed by atoms with Crippen molar-refractivity contribution >= 4 is 12.0 Å². The normalized spacial score (nSPS) is 11.6. The highest BCUT2D eigenvalue weighted by molar-refractivity contribution is 5.90. The van der Waals surface area contributed by atoms with Gasteiger partial charge in [0.05, 0.1) is 5.56 Å². The van der Waals surface area contributed by atoms with Crippen LogP contribution in [0.3, 0.4) is 0 Å². The second-order valence-electron chi connectivity index (χ2n) is 7.30. The van der Waals surface area contributed by atoms with Crippen molar-refractivity contribution in [2.24, 2.45) is 0 Å². The zero-order chi connectivity index (χ0) is 18.7. The highest BCUT2D eigenvalue weighted by atomic mass is 16.6. The van der Waals surface area contributed by atoms with Gasteiger partial charge in [0, 0.05) is 12.0 Å². The molecule has 0 radical (unpaired) electrons. The monoisotopic (exact) mass is 340 g/mol. The predicted molar refractivity (Wildman–Crippen MR) is 106 cm³/mol. The molecule has 0 heterocycles. The van der Waals surface area contributed by atoms with E-state index in [0.29, 0.717) is 5.56 Å². The number of carbonyl (C=O) groups excluding carboxylic acids is 1. The standard InChI is InChI=1S/C23H32O2/c1-6-8-10-11-13-19(12-9-7-2)18-20-14-16-21(17-15-20)22(24)25-23(3,4)5/h14-18H,6-10,12H2,1-5H3/b19-18+. The molecule has 0 aliphatic rings. The maximum atomic E-state index is 12.1. The molecular weight excluding hydrogens is 308 g/mol. The Morgan fingerprint density at radius 2 is 1.72 bits per heavy atom. The molecule has 0 saturated carbocycles. The maximum Gasteiger partial charge on any atom is 0.338 e. The molecule has 1 aromatic rings. The van der Waals surface area contributed by atoms with E-state index < -0.39 is 5.60 Å². The molecule has 0 fully saturated rings. The van der Waals surface area contributed by atoms with Crippen LogP contribution in [0.4, 0.5) is 0 Å². The van der Waals surface area contributed by atoms with Gasteiger partial charge in [-0.05, 0) is 63.8 Å². The lowest BCUT2D eigenvalue weighted by molar-refractivity contribution is 0.00695. The lowest BCUT2D eigenvalue weighted by atomic mass is 10.0. The van der Waals surface area contributed by atoms with Gasteiger partial charge in [-0.25, -0.2) is 4.79 Å². The van der Waals surface area contributed by atoms with Crippen LogP contribution in [0.5, 0.6) is 0 Å². The van der Waals surface area contributed by atoms with Crippen LogP contribution >= 0.6 is 0 Å². The van der Waals surface area contributed by atoms with Gasteiger partial charge in [0.2, 0.25) is 0 Å². The zero-order valence-electron chi connectivity index (χ0n) is 16.4. The minimum atomic E-state index is -0.475. The van der Waals surface area contributed by atoms with Crippen molar-refractivity contribution in [2.45, 2.75) is 78.7 Å². The third-order valence-corrected chi connectivity index (χ3v) is 3.59. The number of carbonyl (C=O) groups is 1. The summed E-state index contributed by atoms with van der Waals surface area (Å²) in [5.74, 6) is 6.32. The van der Waals surface area contributed by atoms with Gasteiger partial charge in [-0.1, -0.05) is 50.7 Å². The highest BCUT2D eigenvalue weighted by Crippen LogP contribution is 2.16. The van der Waals surface area contributed by atoms with E-state index in [-0.39, 0.29) is 5.97 Å². The third kappa shape index (κ3) is 9.15. The molecule has 0 aliphatic carbocycles. The predicted octanol–water partition coefficient (Wildman–Crippen LogP) is 6.41. The van der Waals surface area contributed by atoms with E-state index in [9.17, 15) is 4.79 Å². The Hall–Kier alpha value is -2.01. The van der Waals surface area contributed by atoms with Crippen molar-refractivity contribution in [3.8, 4) is 11.8 Å². The fourth-order valence-electron chi connectivity index (χ4n) is 2.23. The lowest BCUT2D eigenvalue weighted by Crippen LogP contribution is -2.23. The Kier molecular flexibility index (Phi) is 9.06. The summed E-state index contributed by atoms with van der Waals surface area (Å²) < 4.78 is 5.40. The minimum Gasteiger partial charge on any atom is -0.456 e. The van der Waals surface area contributed by atoms with Gasteiger partial charge in [-0.3, -0.25) is 0 Å².